The van der Waals surface area contributed by atoms with Crippen LogP contribution in [0, 0.1) is 0 Å². The molecule has 2 aromatic carbocycles. The predicted molar refractivity (Wildman–Crippen MR) is 118 cm³/mol. The van der Waals surface area contributed by atoms with Gasteiger partial charge < -0.3 is 10.2 Å². The van der Waals surface area contributed by atoms with E-state index in [-0.39, 0.29) is 17.9 Å². The van der Waals surface area contributed by atoms with Gasteiger partial charge in [0, 0.05) is 18.6 Å². The van der Waals surface area contributed by atoms with E-state index >= 15 is 0 Å². The Hall–Kier alpha value is -2.17. The van der Waals surface area contributed by atoms with Crippen molar-refractivity contribution in [3.05, 3.63) is 71.8 Å². The van der Waals surface area contributed by atoms with Crippen LogP contribution in [0.2, 0.25) is 0 Å². The lowest BCUT2D eigenvalue weighted by Crippen LogP contribution is -2.53. The molecule has 29 heavy (non-hydrogen) atoms. The zero-order valence-electron chi connectivity index (χ0n) is 17.5. The molecule has 154 valence electrons. The Morgan fingerprint density at radius 1 is 0.897 bits per heavy atom. The Morgan fingerprint density at radius 3 is 2.07 bits per heavy atom. The zero-order valence-corrected chi connectivity index (χ0v) is 17.5. The summed E-state index contributed by atoms with van der Waals surface area (Å²) in [6, 6.07) is 21.2. The van der Waals surface area contributed by atoms with E-state index in [2.05, 4.69) is 46.4 Å². The summed E-state index contributed by atoms with van der Waals surface area (Å²) < 4.78 is 0. The van der Waals surface area contributed by atoms with Crippen LogP contribution in [0.15, 0.2) is 60.7 Å². The average molecular weight is 392 g/mol. The quantitative estimate of drug-likeness (QED) is 0.847. The van der Waals surface area contributed by atoms with Crippen molar-refractivity contribution in [2.45, 2.75) is 43.7 Å². The van der Waals surface area contributed by atoms with Crippen LogP contribution in [0.5, 0.6) is 0 Å². The summed E-state index contributed by atoms with van der Waals surface area (Å²) in [6.45, 7) is 4.52. The highest BCUT2D eigenvalue weighted by atomic mass is 16.2. The maximum atomic E-state index is 13.4. The van der Waals surface area contributed by atoms with Gasteiger partial charge in [-0.2, -0.15) is 0 Å². The standard InChI is InChI=1S/C25H33N3O/c1-27-17-14-23(15-18-27)28-16-8-13-22(19-28)26-25(29)24(20-9-4-2-5-10-20)21-11-6-3-7-12-21/h2-7,9-12,22-24H,8,13-19H2,1H3,(H,26,29). The summed E-state index contributed by atoms with van der Waals surface area (Å²) in [6.07, 6.45) is 4.73. The van der Waals surface area contributed by atoms with E-state index in [0.29, 0.717) is 6.04 Å². The van der Waals surface area contributed by atoms with Crippen molar-refractivity contribution in [2.24, 2.45) is 0 Å². The van der Waals surface area contributed by atoms with E-state index in [1.165, 1.54) is 38.9 Å². The van der Waals surface area contributed by atoms with E-state index in [1.54, 1.807) is 0 Å². The third-order valence-electron chi connectivity index (χ3n) is 6.53. The lowest BCUT2D eigenvalue weighted by molar-refractivity contribution is -0.122. The topological polar surface area (TPSA) is 35.6 Å². The summed E-state index contributed by atoms with van der Waals surface area (Å²) in [5.41, 5.74) is 2.11. The third-order valence-corrected chi connectivity index (χ3v) is 6.53. The Balaban J connectivity index is 1.44. The molecule has 4 rings (SSSR count). The number of hydrogen-bond donors (Lipinski definition) is 1. The highest BCUT2D eigenvalue weighted by molar-refractivity contribution is 5.87. The molecular formula is C25H33N3O. The molecule has 2 aliphatic rings. The SMILES string of the molecule is CN1CCC(N2CCCC(NC(=O)C(c3ccccc3)c3ccccc3)C2)CC1. The summed E-state index contributed by atoms with van der Waals surface area (Å²) in [4.78, 5) is 18.4. The second-order valence-electron chi connectivity index (χ2n) is 8.63. The minimum atomic E-state index is -0.254. The third kappa shape index (κ3) is 5.06. The normalized spacial score (nSPS) is 21.9. The minimum Gasteiger partial charge on any atom is -0.351 e. The molecular weight excluding hydrogens is 358 g/mol. The van der Waals surface area contributed by atoms with Crippen molar-refractivity contribution in [2.75, 3.05) is 33.2 Å². The van der Waals surface area contributed by atoms with Gasteiger partial charge in [0.25, 0.3) is 0 Å². The van der Waals surface area contributed by atoms with Crippen LogP contribution in [0.4, 0.5) is 0 Å². The maximum absolute atomic E-state index is 13.4. The molecule has 0 spiro atoms. The number of rotatable bonds is 5. The fraction of sp³-hybridized carbons (Fsp3) is 0.480. The summed E-state index contributed by atoms with van der Waals surface area (Å²) >= 11 is 0. The molecule has 0 saturated carbocycles. The van der Waals surface area contributed by atoms with Crippen LogP contribution in [-0.2, 0) is 4.79 Å². The number of nitrogens with zero attached hydrogens (tertiary/aromatic N) is 2. The lowest BCUT2D eigenvalue weighted by Gasteiger charge is -2.42. The van der Waals surface area contributed by atoms with Crippen LogP contribution < -0.4 is 5.32 Å². The van der Waals surface area contributed by atoms with Gasteiger partial charge >= 0.3 is 0 Å². The molecule has 1 N–H and O–H groups in total. The van der Waals surface area contributed by atoms with Gasteiger partial charge in [-0.3, -0.25) is 9.69 Å². The molecule has 2 saturated heterocycles. The van der Waals surface area contributed by atoms with Gasteiger partial charge in [0.15, 0.2) is 0 Å². The number of likely N-dealkylation sites (tertiary alicyclic amines) is 2. The molecule has 2 aliphatic heterocycles. The first-order chi connectivity index (χ1) is 14.2. The number of nitrogens with one attached hydrogen (secondary N) is 1. The maximum Gasteiger partial charge on any atom is 0.232 e. The highest BCUT2D eigenvalue weighted by Gasteiger charge is 2.30. The molecule has 0 aliphatic carbocycles. The fourth-order valence-electron chi connectivity index (χ4n) is 4.89. The van der Waals surface area contributed by atoms with Crippen molar-refractivity contribution in [1.29, 1.82) is 0 Å². The van der Waals surface area contributed by atoms with Crippen LogP contribution >= 0.6 is 0 Å². The van der Waals surface area contributed by atoms with Crippen molar-refractivity contribution in [3.63, 3.8) is 0 Å². The van der Waals surface area contributed by atoms with Gasteiger partial charge in [0.2, 0.25) is 5.91 Å². The summed E-state index contributed by atoms with van der Waals surface area (Å²) in [5, 5.41) is 3.40. The van der Waals surface area contributed by atoms with Gasteiger partial charge in [-0.25, -0.2) is 0 Å². The number of hydrogen-bond acceptors (Lipinski definition) is 3. The largest absolute Gasteiger partial charge is 0.351 e. The number of amides is 1. The second kappa shape index (κ2) is 9.55. The zero-order chi connectivity index (χ0) is 20.1. The molecule has 0 aromatic heterocycles. The van der Waals surface area contributed by atoms with Crippen molar-refractivity contribution < 1.29 is 4.79 Å². The first-order valence-electron chi connectivity index (χ1n) is 11.0. The van der Waals surface area contributed by atoms with Gasteiger partial charge in [-0.05, 0) is 63.5 Å². The van der Waals surface area contributed by atoms with Crippen molar-refractivity contribution >= 4 is 5.91 Å². The van der Waals surface area contributed by atoms with E-state index < -0.39 is 0 Å². The highest BCUT2D eigenvalue weighted by Crippen LogP contribution is 2.26. The van der Waals surface area contributed by atoms with Gasteiger partial charge in [0.1, 0.15) is 0 Å². The van der Waals surface area contributed by atoms with E-state index in [9.17, 15) is 4.79 Å². The molecule has 1 atom stereocenters. The predicted octanol–water partition coefficient (Wildman–Crippen LogP) is 3.49. The smallest absolute Gasteiger partial charge is 0.232 e. The molecule has 4 nitrogen and oxygen atoms in total. The van der Waals surface area contributed by atoms with Crippen LogP contribution in [0.25, 0.3) is 0 Å². The molecule has 0 radical (unpaired) electrons. The van der Waals surface area contributed by atoms with E-state index in [1.807, 2.05) is 36.4 Å². The number of carbonyl (C=O) groups is 1. The molecule has 4 heteroatoms. The molecule has 0 bridgehead atoms. The van der Waals surface area contributed by atoms with Crippen LogP contribution in [0.1, 0.15) is 42.7 Å². The summed E-state index contributed by atoms with van der Waals surface area (Å²) in [7, 11) is 2.21. The van der Waals surface area contributed by atoms with Gasteiger partial charge in [0.05, 0.1) is 5.92 Å². The van der Waals surface area contributed by atoms with Crippen LogP contribution in [0.3, 0.4) is 0 Å². The van der Waals surface area contributed by atoms with Gasteiger partial charge in [-0.1, -0.05) is 60.7 Å². The Bertz CT molecular complexity index is 732. The van der Waals surface area contributed by atoms with Crippen molar-refractivity contribution in [3.8, 4) is 0 Å². The number of piperidine rings is 2. The van der Waals surface area contributed by atoms with E-state index in [4.69, 9.17) is 0 Å². The molecule has 2 heterocycles. The molecule has 2 fully saturated rings. The minimum absolute atomic E-state index is 0.123. The Morgan fingerprint density at radius 2 is 1.48 bits per heavy atom. The first-order valence-corrected chi connectivity index (χ1v) is 11.0. The molecule has 1 amide bonds. The van der Waals surface area contributed by atoms with Gasteiger partial charge in [-0.15, -0.1) is 0 Å². The monoisotopic (exact) mass is 391 g/mol. The van der Waals surface area contributed by atoms with Crippen LogP contribution in [-0.4, -0.2) is 61.0 Å². The second-order valence-corrected chi connectivity index (χ2v) is 8.63. The summed E-state index contributed by atoms with van der Waals surface area (Å²) in [5.74, 6) is -0.131. The Labute approximate surface area is 174 Å². The van der Waals surface area contributed by atoms with E-state index in [0.717, 1.165) is 24.1 Å². The average Bonchev–Trinajstić information content (AvgIpc) is 2.76. The molecule has 1 unspecified atom stereocenters. The Kier molecular flexibility index (Phi) is 6.63. The molecule has 2 aromatic rings. The van der Waals surface area contributed by atoms with Crippen molar-refractivity contribution in [1.82, 2.24) is 15.1 Å². The fourth-order valence-corrected chi connectivity index (χ4v) is 4.89. The number of benzene rings is 2. The lowest BCUT2D eigenvalue weighted by atomic mass is 9.90. The number of carbonyl (C=O) groups excluding carboxylic acids is 1. The first kappa shape index (κ1) is 20.1.